The summed E-state index contributed by atoms with van der Waals surface area (Å²) >= 11 is 0. The number of benzene rings is 1. The van der Waals surface area contributed by atoms with Crippen LogP contribution in [0.1, 0.15) is 31.4 Å². The maximum absolute atomic E-state index is 13.8. The van der Waals surface area contributed by atoms with Crippen molar-refractivity contribution in [1.82, 2.24) is 4.90 Å². The lowest BCUT2D eigenvalue weighted by Gasteiger charge is -2.20. The summed E-state index contributed by atoms with van der Waals surface area (Å²) in [6.07, 6.45) is 1.12. The maximum atomic E-state index is 13.8. The second-order valence-corrected chi connectivity index (χ2v) is 4.60. The van der Waals surface area contributed by atoms with Crippen molar-refractivity contribution in [2.75, 3.05) is 13.6 Å². The van der Waals surface area contributed by atoms with Crippen molar-refractivity contribution in [3.63, 3.8) is 0 Å². The third kappa shape index (κ3) is 3.83. The molecule has 0 radical (unpaired) electrons. The lowest BCUT2D eigenvalue weighted by atomic mass is 10.1. The Morgan fingerprint density at radius 2 is 2.18 bits per heavy atom. The fourth-order valence-electron chi connectivity index (χ4n) is 1.80. The van der Waals surface area contributed by atoms with Crippen molar-refractivity contribution in [2.24, 2.45) is 5.92 Å². The van der Waals surface area contributed by atoms with E-state index in [1.807, 2.05) is 13.1 Å². The molecule has 1 aromatic carbocycles. The monoisotopic (exact) mass is 234 g/mol. The summed E-state index contributed by atoms with van der Waals surface area (Å²) in [7, 11) is 1.98. The lowest BCUT2D eigenvalue weighted by molar-refractivity contribution is 0.271. The first-order valence-electron chi connectivity index (χ1n) is 5.94. The fourth-order valence-corrected chi connectivity index (χ4v) is 1.80. The summed E-state index contributed by atoms with van der Waals surface area (Å²) in [5.74, 6) is 0.216. The molecule has 0 N–H and O–H groups in total. The Hall–Kier alpha value is -1.40. The standard InChI is InChI=1S/C14H19FN2/c1-4-11(2)9-17(3)10-13-7-5-6-12(8-16)14(13)15/h5-7,11H,4,9-10H2,1-3H3. The molecule has 0 aliphatic rings. The predicted molar refractivity (Wildman–Crippen MR) is 66.9 cm³/mol. The van der Waals surface area contributed by atoms with Crippen LogP contribution in [0.4, 0.5) is 4.39 Å². The van der Waals surface area contributed by atoms with Crippen molar-refractivity contribution >= 4 is 0 Å². The van der Waals surface area contributed by atoms with E-state index >= 15 is 0 Å². The molecule has 3 heteroatoms. The van der Waals surface area contributed by atoms with Gasteiger partial charge in [-0.15, -0.1) is 0 Å². The third-order valence-electron chi connectivity index (χ3n) is 2.96. The van der Waals surface area contributed by atoms with Gasteiger partial charge in [-0.3, -0.25) is 0 Å². The van der Waals surface area contributed by atoms with E-state index < -0.39 is 0 Å². The number of hydrogen-bond acceptors (Lipinski definition) is 2. The molecule has 0 fully saturated rings. The van der Waals surface area contributed by atoms with E-state index in [0.717, 1.165) is 13.0 Å². The van der Waals surface area contributed by atoms with Crippen LogP contribution in [-0.4, -0.2) is 18.5 Å². The van der Waals surface area contributed by atoms with Crippen LogP contribution >= 0.6 is 0 Å². The van der Waals surface area contributed by atoms with Crippen molar-refractivity contribution < 1.29 is 4.39 Å². The maximum Gasteiger partial charge on any atom is 0.145 e. The Labute approximate surface area is 103 Å². The van der Waals surface area contributed by atoms with Crippen LogP contribution < -0.4 is 0 Å². The molecule has 0 heterocycles. The van der Waals surface area contributed by atoms with Crippen LogP contribution in [0.2, 0.25) is 0 Å². The lowest BCUT2D eigenvalue weighted by Crippen LogP contribution is -2.24. The minimum absolute atomic E-state index is 0.124. The summed E-state index contributed by atoms with van der Waals surface area (Å²) in [6.45, 7) is 5.81. The SMILES string of the molecule is CCC(C)CN(C)Cc1cccc(C#N)c1F. The van der Waals surface area contributed by atoms with E-state index in [1.165, 1.54) is 6.07 Å². The first kappa shape index (κ1) is 13.7. The van der Waals surface area contributed by atoms with E-state index in [-0.39, 0.29) is 11.4 Å². The highest BCUT2D eigenvalue weighted by atomic mass is 19.1. The second-order valence-electron chi connectivity index (χ2n) is 4.60. The summed E-state index contributed by atoms with van der Waals surface area (Å²) in [4.78, 5) is 2.09. The molecule has 92 valence electrons. The summed E-state index contributed by atoms with van der Waals surface area (Å²) in [6, 6.07) is 6.84. The molecule has 1 aromatic rings. The van der Waals surface area contributed by atoms with Crippen LogP contribution in [0, 0.1) is 23.1 Å². The topological polar surface area (TPSA) is 27.0 Å². The molecule has 0 aliphatic carbocycles. The molecule has 0 amide bonds. The van der Waals surface area contributed by atoms with E-state index in [2.05, 4.69) is 18.7 Å². The zero-order valence-electron chi connectivity index (χ0n) is 10.7. The largest absolute Gasteiger partial charge is 0.302 e. The minimum atomic E-state index is -0.383. The van der Waals surface area contributed by atoms with E-state index in [4.69, 9.17) is 5.26 Å². The van der Waals surface area contributed by atoms with Crippen molar-refractivity contribution in [2.45, 2.75) is 26.8 Å². The summed E-state index contributed by atoms with van der Waals surface area (Å²) in [5, 5.41) is 8.76. The summed E-state index contributed by atoms with van der Waals surface area (Å²) < 4.78 is 13.8. The quantitative estimate of drug-likeness (QED) is 0.782. The number of halogens is 1. The molecule has 2 nitrogen and oxygen atoms in total. The zero-order chi connectivity index (χ0) is 12.8. The average molecular weight is 234 g/mol. The minimum Gasteiger partial charge on any atom is -0.302 e. The van der Waals surface area contributed by atoms with Gasteiger partial charge in [0.15, 0.2) is 0 Å². The smallest absolute Gasteiger partial charge is 0.145 e. The second kappa shape index (κ2) is 6.36. The van der Waals surface area contributed by atoms with Gasteiger partial charge >= 0.3 is 0 Å². The predicted octanol–water partition coefficient (Wildman–Crippen LogP) is 3.18. The zero-order valence-corrected chi connectivity index (χ0v) is 10.7. The number of nitriles is 1. The normalized spacial score (nSPS) is 12.5. The molecule has 0 saturated carbocycles. The van der Waals surface area contributed by atoms with Crippen molar-refractivity contribution in [3.8, 4) is 6.07 Å². The van der Waals surface area contributed by atoms with Gasteiger partial charge in [-0.05, 0) is 19.0 Å². The van der Waals surface area contributed by atoms with E-state index in [0.29, 0.717) is 18.0 Å². The molecule has 1 unspecified atom stereocenters. The van der Waals surface area contributed by atoms with Crippen LogP contribution in [0.3, 0.4) is 0 Å². The number of hydrogen-bond donors (Lipinski definition) is 0. The molecule has 0 spiro atoms. The average Bonchev–Trinajstić information content (AvgIpc) is 2.31. The Morgan fingerprint density at radius 1 is 1.47 bits per heavy atom. The van der Waals surface area contributed by atoms with Gasteiger partial charge < -0.3 is 4.90 Å². The first-order valence-corrected chi connectivity index (χ1v) is 5.94. The van der Waals surface area contributed by atoms with Crippen molar-refractivity contribution in [3.05, 3.63) is 35.1 Å². The Balaban J connectivity index is 2.72. The molecule has 1 atom stereocenters. The van der Waals surface area contributed by atoms with Crippen molar-refractivity contribution in [1.29, 1.82) is 5.26 Å². The third-order valence-corrected chi connectivity index (χ3v) is 2.96. The summed E-state index contributed by atoms with van der Waals surface area (Å²) in [5.41, 5.74) is 0.717. The molecule has 17 heavy (non-hydrogen) atoms. The molecule has 0 saturated heterocycles. The first-order chi connectivity index (χ1) is 8.08. The highest BCUT2D eigenvalue weighted by Crippen LogP contribution is 2.14. The molecular formula is C14H19FN2. The van der Waals surface area contributed by atoms with Crippen LogP contribution in [-0.2, 0) is 6.54 Å². The molecule has 0 bridgehead atoms. The van der Waals surface area contributed by atoms with Gasteiger partial charge in [0.1, 0.15) is 11.9 Å². The Morgan fingerprint density at radius 3 is 2.76 bits per heavy atom. The van der Waals surface area contributed by atoms with Crippen LogP contribution in [0.25, 0.3) is 0 Å². The van der Waals surface area contributed by atoms with Crippen LogP contribution in [0.15, 0.2) is 18.2 Å². The highest BCUT2D eigenvalue weighted by Gasteiger charge is 2.11. The van der Waals surface area contributed by atoms with Gasteiger partial charge in [0.05, 0.1) is 5.56 Å². The number of rotatable bonds is 5. The van der Waals surface area contributed by atoms with Gasteiger partial charge in [0.2, 0.25) is 0 Å². The van der Waals surface area contributed by atoms with Gasteiger partial charge in [0, 0.05) is 18.7 Å². The molecular weight excluding hydrogens is 215 g/mol. The van der Waals surface area contributed by atoms with Crippen LogP contribution in [0.5, 0.6) is 0 Å². The molecule has 1 rings (SSSR count). The molecule has 0 aliphatic heterocycles. The van der Waals surface area contributed by atoms with Gasteiger partial charge in [-0.1, -0.05) is 32.4 Å². The van der Waals surface area contributed by atoms with Gasteiger partial charge in [-0.25, -0.2) is 4.39 Å². The Bertz CT molecular complexity index is 409. The van der Waals surface area contributed by atoms with Gasteiger partial charge in [0.25, 0.3) is 0 Å². The number of nitrogens with zero attached hydrogens (tertiary/aromatic N) is 2. The fraction of sp³-hybridized carbons (Fsp3) is 0.500. The van der Waals surface area contributed by atoms with E-state index in [1.54, 1.807) is 12.1 Å². The molecule has 0 aromatic heterocycles. The van der Waals surface area contributed by atoms with E-state index in [9.17, 15) is 4.39 Å². The Kier molecular flexibility index (Phi) is 5.11. The highest BCUT2D eigenvalue weighted by molar-refractivity contribution is 5.34. The van der Waals surface area contributed by atoms with Gasteiger partial charge in [-0.2, -0.15) is 5.26 Å².